The van der Waals surface area contributed by atoms with Crippen LogP contribution in [0.2, 0.25) is 0 Å². The summed E-state index contributed by atoms with van der Waals surface area (Å²) in [5.41, 5.74) is 3.73. The van der Waals surface area contributed by atoms with Crippen molar-refractivity contribution in [3.63, 3.8) is 0 Å². The molecule has 42 heavy (non-hydrogen) atoms. The lowest BCUT2D eigenvalue weighted by Crippen LogP contribution is -2.27. The van der Waals surface area contributed by atoms with Crippen LogP contribution in [0, 0.1) is 26.6 Å². The molecule has 9 nitrogen and oxygen atoms in total. The van der Waals surface area contributed by atoms with E-state index in [1.807, 2.05) is 37.5 Å². The molecule has 1 aliphatic heterocycles. The molecule has 0 saturated carbocycles. The summed E-state index contributed by atoms with van der Waals surface area (Å²) in [6, 6.07) is 11.0. The second kappa shape index (κ2) is 11.1. The largest absolute Gasteiger partial charge is 0.482 e. The van der Waals surface area contributed by atoms with Crippen molar-refractivity contribution in [1.82, 2.24) is 14.8 Å². The van der Waals surface area contributed by atoms with Crippen LogP contribution in [0.25, 0.3) is 16.1 Å². The Morgan fingerprint density at radius 2 is 1.74 bits per heavy atom. The number of hydrogen-bond donors (Lipinski definition) is 1. The van der Waals surface area contributed by atoms with Crippen LogP contribution in [0.15, 0.2) is 47.5 Å². The predicted molar refractivity (Wildman–Crippen MR) is 157 cm³/mol. The molecular formula is C31H31FN4O5S. The quantitative estimate of drug-likeness (QED) is 0.257. The number of carbonyl (C=O) groups is 2. The Morgan fingerprint density at radius 3 is 2.38 bits per heavy atom. The maximum absolute atomic E-state index is 15.1. The number of ether oxygens (including phenoxy) is 2. The van der Waals surface area contributed by atoms with Gasteiger partial charge in [-0.2, -0.15) is 0 Å². The molecule has 1 N–H and O–H groups in total. The molecule has 4 aromatic rings. The number of halogens is 1. The number of esters is 1. The highest BCUT2D eigenvalue weighted by Crippen LogP contribution is 2.39. The second-order valence-electron chi connectivity index (χ2n) is 11.1. The van der Waals surface area contributed by atoms with E-state index in [0.29, 0.717) is 28.5 Å². The summed E-state index contributed by atoms with van der Waals surface area (Å²) >= 11 is 1.59. The van der Waals surface area contributed by atoms with Gasteiger partial charge >= 0.3 is 11.9 Å². The van der Waals surface area contributed by atoms with E-state index in [2.05, 4.69) is 10.2 Å². The summed E-state index contributed by atoms with van der Waals surface area (Å²) < 4.78 is 27.7. The number of fused-ring (bicyclic) bond motifs is 3. The average molecular weight is 591 g/mol. The first-order valence-corrected chi connectivity index (χ1v) is 14.2. The smallest absolute Gasteiger partial charge is 0.344 e. The third-order valence-electron chi connectivity index (χ3n) is 6.79. The van der Waals surface area contributed by atoms with E-state index in [4.69, 9.17) is 14.5 Å². The van der Waals surface area contributed by atoms with Gasteiger partial charge in [-0.25, -0.2) is 9.18 Å². The van der Waals surface area contributed by atoms with E-state index in [-0.39, 0.29) is 18.8 Å². The van der Waals surface area contributed by atoms with Gasteiger partial charge in [-0.1, -0.05) is 24.3 Å². The molecule has 1 atom stereocenters. The number of carboxylic acids is 1. The maximum atomic E-state index is 15.1. The number of benzene rings is 2. The molecule has 0 unspecified atom stereocenters. The maximum Gasteiger partial charge on any atom is 0.344 e. The predicted octanol–water partition coefficient (Wildman–Crippen LogP) is 6.15. The number of carbonyl (C=O) groups excluding carboxylic acids is 1. The topological polar surface area (TPSA) is 116 Å². The lowest BCUT2D eigenvalue weighted by molar-refractivity contribution is -0.157. The zero-order valence-corrected chi connectivity index (χ0v) is 25.0. The van der Waals surface area contributed by atoms with Crippen molar-refractivity contribution < 1.29 is 28.6 Å². The van der Waals surface area contributed by atoms with Crippen LogP contribution in [0.1, 0.15) is 66.5 Å². The van der Waals surface area contributed by atoms with Crippen LogP contribution < -0.4 is 4.74 Å². The fourth-order valence-electron chi connectivity index (χ4n) is 4.83. The fourth-order valence-corrected chi connectivity index (χ4v) is 6.04. The first kappa shape index (κ1) is 29.1. The van der Waals surface area contributed by atoms with Gasteiger partial charge in [0.25, 0.3) is 0 Å². The van der Waals surface area contributed by atoms with Crippen molar-refractivity contribution in [1.29, 1.82) is 0 Å². The summed E-state index contributed by atoms with van der Waals surface area (Å²) in [5.74, 6) is -0.669. The summed E-state index contributed by atoms with van der Waals surface area (Å²) in [5, 5.41) is 19.0. The molecular weight excluding hydrogens is 559 g/mol. The fraction of sp³-hybridized carbons (Fsp3) is 0.323. The normalized spacial score (nSPS) is 14.5. The van der Waals surface area contributed by atoms with Gasteiger partial charge in [0.1, 0.15) is 34.0 Å². The summed E-state index contributed by atoms with van der Waals surface area (Å²) in [7, 11) is 0. The van der Waals surface area contributed by atoms with E-state index in [9.17, 15) is 14.7 Å². The third-order valence-corrected chi connectivity index (χ3v) is 7.99. The zero-order valence-electron chi connectivity index (χ0n) is 24.2. The Bertz CT molecular complexity index is 1720. The lowest BCUT2D eigenvalue weighted by Gasteiger charge is -2.19. The van der Waals surface area contributed by atoms with Crippen LogP contribution in [0.5, 0.6) is 5.75 Å². The highest BCUT2D eigenvalue weighted by Gasteiger charge is 2.32. The molecule has 1 aliphatic rings. The Hall–Kier alpha value is -4.38. The molecule has 0 fully saturated rings. The first-order valence-electron chi connectivity index (χ1n) is 13.4. The van der Waals surface area contributed by atoms with Gasteiger partial charge in [-0.3, -0.25) is 14.4 Å². The molecule has 2 aromatic carbocycles. The van der Waals surface area contributed by atoms with E-state index in [1.165, 1.54) is 6.07 Å². The van der Waals surface area contributed by atoms with Crippen molar-refractivity contribution in [2.24, 2.45) is 4.99 Å². The number of aliphatic carboxylic acids is 1. The van der Waals surface area contributed by atoms with Gasteiger partial charge in [0.2, 0.25) is 0 Å². The number of nitrogens with zero attached hydrogens (tertiary/aromatic N) is 4. The van der Waals surface area contributed by atoms with Crippen LogP contribution >= 0.6 is 11.3 Å². The van der Waals surface area contributed by atoms with Crippen molar-refractivity contribution >= 4 is 29.0 Å². The molecule has 11 heteroatoms. The standard InChI is InChI=1S/C31H31FN4O5S/c1-16-17(2)42-30-27(16)28(33-24(14-25(37)38)29-35-34-18(3)36(29)30)20-9-7-19(8-10-20)22-12-11-21(13-23(22)32)40-15-26(39)41-31(4,5)6/h7-13,24H,14-15H2,1-6H3,(H,37,38)/t24-/m0/s1. The Balaban J connectivity index is 1.46. The van der Waals surface area contributed by atoms with Crippen molar-refractivity contribution in [2.75, 3.05) is 6.61 Å². The Kier molecular flexibility index (Phi) is 7.72. The van der Waals surface area contributed by atoms with Gasteiger partial charge in [0, 0.05) is 27.6 Å². The van der Waals surface area contributed by atoms with Gasteiger partial charge in [0.15, 0.2) is 12.4 Å². The number of aliphatic imine (C=N–C) groups is 1. The van der Waals surface area contributed by atoms with E-state index < -0.39 is 29.4 Å². The Morgan fingerprint density at radius 1 is 1.05 bits per heavy atom. The third kappa shape index (κ3) is 5.82. The molecule has 0 spiro atoms. The molecule has 0 saturated heterocycles. The molecule has 218 valence electrons. The monoisotopic (exact) mass is 590 g/mol. The summed E-state index contributed by atoms with van der Waals surface area (Å²) in [4.78, 5) is 29.7. The molecule has 5 rings (SSSR count). The van der Waals surface area contributed by atoms with E-state index in [0.717, 1.165) is 26.6 Å². The molecule has 3 heterocycles. The van der Waals surface area contributed by atoms with Gasteiger partial charge in [-0.15, -0.1) is 21.5 Å². The highest BCUT2D eigenvalue weighted by atomic mass is 32.1. The van der Waals surface area contributed by atoms with E-state index in [1.54, 1.807) is 56.4 Å². The minimum Gasteiger partial charge on any atom is -0.482 e. The van der Waals surface area contributed by atoms with Crippen LogP contribution in [0.4, 0.5) is 4.39 Å². The molecule has 0 radical (unpaired) electrons. The van der Waals surface area contributed by atoms with Crippen molar-refractivity contribution in [3.05, 3.63) is 81.5 Å². The lowest BCUT2D eigenvalue weighted by atomic mass is 9.97. The average Bonchev–Trinajstić information content (AvgIpc) is 3.38. The highest BCUT2D eigenvalue weighted by molar-refractivity contribution is 7.15. The number of aromatic nitrogens is 3. The van der Waals surface area contributed by atoms with Crippen LogP contribution in [-0.2, 0) is 14.3 Å². The number of aryl methyl sites for hydroxylation is 2. The van der Waals surface area contributed by atoms with Crippen LogP contribution in [-0.4, -0.2) is 49.7 Å². The Labute approximate surface area is 246 Å². The van der Waals surface area contributed by atoms with E-state index >= 15 is 4.39 Å². The summed E-state index contributed by atoms with van der Waals surface area (Å²) in [6.07, 6.45) is -0.236. The summed E-state index contributed by atoms with van der Waals surface area (Å²) in [6.45, 7) is 10.9. The van der Waals surface area contributed by atoms with Gasteiger partial charge < -0.3 is 14.6 Å². The van der Waals surface area contributed by atoms with Gasteiger partial charge in [0.05, 0.1) is 12.1 Å². The van der Waals surface area contributed by atoms with Crippen molar-refractivity contribution in [2.45, 2.75) is 59.6 Å². The molecule has 2 aromatic heterocycles. The number of thiophene rings is 1. The van der Waals surface area contributed by atoms with Crippen molar-refractivity contribution in [3.8, 4) is 21.9 Å². The van der Waals surface area contributed by atoms with Gasteiger partial charge in [-0.05, 0) is 64.8 Å². The second-order valence-corrected chi connectivity index (χ2v) is 12.3. The minimum absolute atomic E-state index is 0.217. The SMILES string of the molecule is Cc1sc2c(c1C)C(c1ccc(-c3ccc(OCC(=O)OC(C)(C)C)cc3F)cc1)=N[C@@H](CC(=O)O)c1nnc(C)n1-2. The first-order chi connectivity index (χ1) is 19.8. The number of carboxylic acid groups (broad SMARTS) is 1. The zero-order chi connectivity index (χ0) is 30.3. The minimum atomic E-state index is -0.988. The molecule has 0 amide bonds. The molecule has 0 aliphatic carbocycles. The number of rotatable bonds is 7. The van der Waals surface area contributed by atoms with Crippen LogP contribution in [0.3, 0.4) is 0 Å². The number of hydrogen-bond acceptors (Lipinski definition) is 8. The molecule has 0 bridgehead atoms.